The number of nitrogens with one attached hydrogen (secondary N) is 1. The summed E-state index contributed by atoms with van der Waals surface area (Å²) in [6, 6.07) is 9.35. The Kier molecular flexibility index (Phi) is 3.57. The lowest BCUT2D eigenvalue weighted by Crippen LogP contribution is -2.14. The minimum Gasteiger partial charge on any atom is -0.398 e. The number of hydrogen-bond acceptors (Lipinski definition) is 3. The first kappa shape index (κ1) is 12.1. The summed E-state index contributed by atoms with van der Waals surface area (Å²) in [7, 11) is 0. The fraction of sp³-hybridized carbons (Fsp3) is 0.143. The third-order valence-electron chi connectivity index (χ3n) is 2.69. The van der Waals surface area contributed by atoms with E-state index in [1.807, 2.05) is 24.3 Å². The molecular formula is C14H15N3O. The fourth-order valence-electron chi connectivity index (χ4n) is 1.66. The number of anilines is 2. The summed E-state index contributed by atoms with van der Waals surface area (Å²) >= 11 is 0. The van der Waals surface area contributed by atoms with Gasteiger partial charge in [0.1, 0.15) is 0 Å². The molecule has 0 aliphatic carbocycles. The van der Waals surface area contributed by atoms with Crippen LogP contribution in [0.15, 0.2) is 42.7 Å². The number of nitrogens with two attached hydrogens (primary N) is 1. The van der Waals surface area contributed by atoms with Crippen LogP contribution in [0.25, 0.3) is 0 Å². The molecule has 3 N–H and O–H groups in total. The first-order chi connectivity index (χ1) is 8.70. The molecule has 1 aromatic carbocycles. The molecule has 0 unspecified atom stereocenters. The molecule has 1 amide bonds. The molecule has 0 aliphatic rings. The lowest BCUT2D eigenvalue weighted by atomic mass is 10.1. The zero-order valence-electron chi connectivity index (χ0n) is 10.2. The molecule has 4 heteroatoms. The second-order valence-electron chi connectivity index (χ2n) is 3.97. The summed E-state index contributed by atoms with van der Waals surface area (Å²) in [6.07, 6.45) is 3.96. The number of amides is 1. The molecule has 0 atom stereocenters. The smallest absolute Gasteiger partial charge is 0.259 e. The van der Waals surface area contributed by atoms with E-state index in [0.717, 1.165) is 12.1 Å². The van der Waals surface area contributed by atoms with E-state index < -0.39 is 0 Å². The lowest BCUT2D eigenvalue weighted by molar-refractivity contribution is 0.102. The number of carbonyl (C=O) groups is 1. The quantitative estimate of drug-likeness (QED) is 0.867. The number of carbonyl (C=O) groups excluding carboxylic acids is 1. The van der Waals surface area contributed by atoms with Crippen LogP contribution in [-0.2, 0) is 6.42 Å². The maximum absolute atomic E-state index is 12.0. The first-order valence-electron chi connectivity index (χ1n) is 5.80. The predicted molar refractivity (Wildman–Crippen MR) is 72.4 cm³/mol. The van der Waals surface area contributed by atoms with Crippen LogP contribution in [0.3, 0.4) is 0 Å². The Bertz CT molecular complexity index is 566. The topological polar surface area (TPSA) is 68.0 Å². The summed E-state index contributed by atoms with van der Waals surface area (Å²) in [6.45, 7) is 2.07. The van der Waals surface area contributed by atoms with Crippen molar-refractivity contribution in [3.05, 3.63) is 53.9 Å². The minimum atomic E-state index is -0.242. The van der Waals surface area contributed by atoms with E-state index >= 15 is 0 Å². The number of pyridine rings is 1. The fourth-order valence-corrected chi connectivity index (χ4v) is 1.66. The van der Waals surface area contributed by atoms with Gasteiger partial charge in [-0.25, -0.2) is 0 Å². The molecular weight excluding hydrogens is 226 g/mol. The van der Waals surface area contributed by atoms with Crippen molar-refractivity contribution in [1.82, 2.24) is 4.98 Å². The molecule has 4 nitrogen and oxygen atoms in total. The van der Waals surface area contributed by atoms with Crippen LogP contribution in [0, 0.1) is 0 Å². The second-order valence-corrected chi connectivity index (χ2v) is 3.97. The van der Waals surface area contributed by atoms with Crippen molar-refractivity contribution in [2.24, 2.45) is 0 Å². The van der Waals surface area contributed by atoms with Crippen molar-refractivity contribution in [3.63, 3.8) is 0 Å². The highest BCUT2D eigenvalue weighted by Crippen LogP contribution is 2.15. The van der Waals surface area contributed by atoms with Gasteiger partial charge in [0.15, 0.2) is 0 Å². The van der Waals surface area contributed by atoms with Gasteiger partial charge in [-0.3, -0.25) is 9.78 Å². The lowest BCUT2D eigenvalue weighted by Gasteiger charge is -2.08. The van der Waals surface area contributed by atoms with Crippen LogP contribution in [0.4, 0.5) is 11.4 Å². The summed E-state index contributed by atoms with van der Waals surface area (Å²) in [4.78, 5) is 15.9. The molecule has 0 aliphatic heterocycles. The van der Waals surface area contributed by atoms with Crippen molar-refractivity contribution >= 4 is 17.3 Å². The molecule has 0 spiro atoms. The van der Waals surface area contributed by atoms with Gasteiger partial charge in [-0.2, -0.15) is 0 Å². The van der Waals surface area contributed by atoms with Crippen molar-refractivity contribution < 1.29 is 4.79 Å². The van der Waals surface area contributed by atoms with Crippen molar-refractivity contribution in [2.45, 2.75) is 13.3 Å². The largest absolute Gasteiger partial charge is 0.398 e. The molecule has 92 valence electrons. The molecule has 1 heterocycles. The molecule has 0 bridgehead atoms. The van der Waals surface area contributed by atoms with Gasteiger partial charge in [-0.1, -0.05) is 19.1 Å². The highest BCUT2D eigenvalue weighted by Gasteiger charge is 2.09. The number of nitrogens with zero attached hydrogens (tertiary/aromatic N) is 1. The number of hydrogen-bond donors (Lipinski definition) is 2. The van der Waals surface area contributed by atoms with Gasteiger partial charge in [-0.15, -0.1) is 0 Å². The van der Waals surface area contributed by atoms with E-state index in [0.29, 0.717) is 11.3 Å². The Morgan fingerprint density at radius 2 is 2.22 bits per heavy atom. The Hall–Kier alpha value is -2.36. The van der Waals surface area contributed by atoms with E-state index in [1.54, 1.807) is 12.3 Å². The van der Waals surface area contributed by atoms with Crippen LogP contribution >= 0.6 is 0 Å². The monoisotopic (exact) mass is 241 g/mol. The van der Waals surface area contributed by atoms with Gasteiger partial charge in [0.25, 0.3) is 5.91 Å². The van der Waals surface area contributed by atoms with Gasteiger partial charge >= 0.3 is 0 Å². The van der Waals surface area contributed by atoms with Crippen molar-refractivity contribution in [2.75, 3.05) is 11.1 Å². The van der Waals surface area contributed by atoms with Gasteiger partial charge in [0.2, 0.25) is 0 Å². The Morgan fingerprint density at radius 3 is 2.94 bits per heavy atom. The van der Waals surface area contributed by atoms with Gasteiger partial charge < -0.3 is 11.1 Å². The van der Waals surface area contributed by atoms with E-state index in [2.05, 4.69) is 17.2 Å². The maximum Gasteiger partial charge on any atom is 0.259 e. The molecule has 0 saturated carbocycles. The summed E-state index contributed by atoms with van der Waals surface area (Å²) in [5.74, 6) is -0.242. The molecule has 0 saturated heterocycles. The van der Waals surface area contributed by atoms with Crippen LogP contribution < -0.4 is 11.1 Å². The summed E-state index contributed by atoms with van der Waals surface area (Å²) in [5.41, 5.74) is 8.48. The van der Waals surface area contributed by atoms with Crippen LogP contribution in [0.5, 0.6) is 0 Å². The van der Waals surface area contributed by atoms with Crippen LogP contribution in [0.2, 0.25) is 0 Å². The number of aromatic nitrogens is 1. The maximum atomic E-state index is 12.0. The Morgan fingerprint density at radius 1 is 1.39 bits per heavy atom. The normalized spacial score (nSPS) is 10.1. The summed E-state index contributed by atoms with van der Waals surface area (Å²) in [5, 5.41) is 2.81. The minimum absolute atomic E-state index is 0.242. The van der Waals surface area contributed by atoms with E-state index in [9.17, 15) is 4.79 Å². The Labute approximate surface area is 106 Å². The van der Waals surface area contributed by atoms with E-state index in [4.69, 9.17) is 5.73 Å². The first-order valence-corrected chi connectivity index (χ1v) is 5.80. The van der Waals surface area contributed by atoms with E-state index in [1.165, 1.54) is 11.8 Å². The highest BCUT2D eigenvalue weighted by atomic mass is 16.1. The van der Waals surface area contributed by atoms with Gasteiger partial charge in [-0.05, 0) is 30.2 Å². The highest BCUT2D eigenvalue weighted by molar-refractivity contribution is 6.07. The SMILES string of the molecule is CCc1cccc(NC(=O)c2cnccc2N)c1. The van der Waals surface area contributed by atoms with Gasteiger partial charge in [0, 0.05) is 23.8 Å². The second kappa shape index (κ2) is 5.31. The molecule has 1 aromatic heterocycles. The van der Waals surface area contributed by atoms with Crippen LogP contribution in [0.1, 0.15) is 22.8 Å². The number of aryl methyl sites for hydroxylation is 1. The van der Waals surface area contributed by atoms with Crippen molar-refractivity contribution in [1.29, 1.82) is 0 Å². The zero-order valence-corrected chi connectivity index (χ0v) is 10.2. The average Bonchev–Trinajstić information content (AvgIpc) is 2.39. The number of rotatable bonds is 3. The standard InChI is InChI=1S/C14H15N3O/c1-2-10-4-3-5-11(8-10)17-14(18)12-9-16-7-6-13(12)15/h3-9H,2H2,1H3,(H2,15,16)(H,17,18). The van der Waals surface area contributed by atoms with Crippen molar-refractivity contribution in [3.8, 4) is 0 Å². The van der Waals surface area contributed by atoms with Crippen LogP contribution in [-0.4, -0.2) is 10.9 Å². The van der Waals surface area contributed by atoms with Gasteiger partial charge in [0.05, 0.1) is 5.56 Å². The number of benzene rings is 1. The predicted octanol–water partition coefficient (Wildman–Crippen LogP) is 2.48. The molecule has 2 aromatic rings. The third-order valence-corrected chi connectivity index (χ3v) is 2.69. The molecule has 2 rings (SSSR count). The number of nitrogen functional groups attached to an aromatic ring is 1. The Balaban J connectivity index is 2.19. The van der Waals surface area contributed by atoms with E-state index in [-0.39, 0.29) is 5.91 Å². The summed E-state index contributed by atoms with van der Waals surface area (Å²) < 4.78 is 0. The molecule has 18 heavy (non-hydrogen) atoms. The molecule has 0 fully saturated rings. The average molecular weight is 241 g/mol. The third kappa shape index (κ3) is 2.66. The zero-order chi connectivity index (χ0) is 13.0. The molecule has 0 radical (unpaired) electrons.